The SMILES string of the molecule is COC(=O)C1(C)CCC(Cc2cc(C)c3nc(C)nn3c2)CC1. The minimum Gasteiger partial charge on any atom is -0.469 e. The molecule has 0 saturated heterocycles. The van der Waals surface area contributed by atoms with E-state index in [4.69, 9.17) is 4.74 Å². The molecular weight excluding hydrogens is 290 g/mol. The van der Waals surface area contributed by atoms with Crippen molar-refractivity contribution in [3.63, 3.8) is 0 Å². The smallest absolute Gasteiger partial charge is 0.311 e. The van der Waals surface area contributed by atoms with Crippen LogP contribution >= 0.6 is 0 Å². The van der Waals surface area contributed by atoms with Gasteiger partial charge < -0.3 is 4.74 Å². The number of aryl methyl sites for hydroxylation is 2. The summed E-state index contributed by atoms with van der Waals surface area (Å²) in [6, 6.07) is 2.22. The van der Waals surface area contributed by atoms with Gasteiger partial charge in [0.1, 0.15) is 5.82 Å². The zero-order chi connectivity index (χ0) is 16.6. The van der Waals surface area contributed by atoms with Gasteiger partial charge >= 0.3 is 5.97 Å². The summed E-state index contributed by atoms with van der Waals surface area (Å²) < 4.78 is 6.85. The highest BCUT2D eigenvalue weighted by Gasteiger charge is 2.38. The van der Waals surface area contributed by atoms with Gasteiger partial charge in [0.15, 0.2) is 5.65 Å². The molecule has 0 N–H and O–H groups in total. The van der Waals surface area contributed by atoms with Crippen LogP contribution in [0.15, 0.2) is 12.3 Å². The van der Waals surface area contributed by atoms with Gasteiger partial charge in [-0.1, -0.05) is 6.07 Å². The van der Waals surface area contributed by atoms with E-state index in [1.807, 2.05) is 18.4 Å². The number of carbonyl (C=O) groups excluding carboxylic acids is 1. The highest BCUT2D eigenvalue weighted by molar-refractivity contribution is 5.76. The number of fused-ring (bicyclic) bond motifs is 1. The lowest BCUT2D eigenvalue weighted by molar-refractivity contribution is -0.154. The van der Waals surface area contributed by atoms with Crippen LogP contribution in [0.5, 0.6) is 0 Å². The topological polar surface area (TPSA) is 56.5 Å². The molecular formula is C18H25N3O2. The highest BCUT2D eigenvalue weighted by atomic mass is 16.5. The first-order chi connectivity index (χ1) is 10.9. The van der Waals surface area contributed by atoms with Crippen molar-refractivity contribution in [2.45, 2.75) is 52.9 Å². The van der Waals surface area contributed by atoms with Gasteiger partial charge in [-0.3, -0.25) is 4.79 Å². The van der Waals surface area contributed by atoms with E-state index in [9.17, 15) is 4.79 Å². The van der Waals surface area contributed by atoms with Gasteiger partial charge in [-0.15, -0.1) is 0 Å². The summed E-state index contributed by atoms with van der Waals surface area (Å²) in [6.45, 7) is 6.03. The number of carbonyl (C=O) groups is 1. The van der Waals surface area contributed by atoms with Crippen LogP contribution in [0.25, 0.3) is 5.65 Å². The van der Waals surface area contributed by atoms with Crippen LogP contribution < -0.4 is 0 Å². The second-order valence-electron chi connectivity index (χ2n) is 7.16. The van der Waals surface area contributed by atoms with Crippen molar-refractivity contribution in [1.29, 1.82) is 0 Å². The van der Waals surface area contributed by atoms with E-state index in [-0.39, 0.29) is 11.4 Å². The molecule has 0 unspecified atom stereocenters. The molecule has 0 amide bonds. The summed E-state index contributed by atoms with van der Waals surface area (Å²) in [5, 5.41) is 4.43. The van der Waals surface area contributed by atoms with Gasteiger partial charge in [0.25, 0.3) is 0 Å². The van der Waals surface area contributed by atoms with Crippen molar-refractivity contribution >= 4 is 11.6 Å². The lowest BCUT2D eigenvalue weighted by atomic mass is 9.70. The first-order valence-corrected chi connectivity index (χ1v) is 8.32. The fraction of sp³-hybridized carbons (Fsp3) is 0.611. The summed E-state index contributed by atoms with van der Waals surface area (Å²) >= 11 is 0. The summed E-state index contributed by atoms with van der Waals surface area (Å²) in [5.74, 6) is 1.36. The summed E-state index contributed by atoms with van der Waals surface area (Å²) in [5.41, 5.74) is 3.10. The molecule has 23 heavy (non-hydrogen) atoms. The summed E-state index contributed by atoms with van der Waals surface area (Å²) in [7, 11) is 1.48. The van der Waals surface area contributed by atoms with Crippen LogP contribution in [0.2, 0.25) is 0 Å². The van der Waals surface area contributed by atoms with Crippen LogP contribution in [-0.2, 0) is 16.0 Å². The monoisotopic (exact) mass is 315 g/mol. The molecule has 5 nitrogen and oxygen atoms in total. The molecule has 1 fully saturated rings. The molecule has 1 saturated carbocycles. The molecule has 0 bridgehead atoms. The Balaban J connectivity index is 1.70. The van der Waals surface area contributed by atoms with Gasteiger partial charge in [-0.2, -0.15) is 5.10 Å². The maximum Gasteiger partial charge on any atom is 0.311 e. The number of hydrogen-bond donors (Lipinski definition) is 0. The first-order valence-electron chi connectivity index (χ1n) is 8.32. The van der Waals surface area contributed by atoms with Crippen molar-refractivity contribution in [2.24, 2.45) is 11.3 Å². The molecule has 5 heteroatoms. The van der Waals surface area contributed by atoms with Gasteiger partial charge in [0, 0.05) is 6.20 Å². The number of aromatic nitrogens is 3. The fourth-order valence-electron chi connectivity index (χ4n) is 3.74. The molecule has 0 spiro atoms. The van der Waals surface area contributed by atoms with Crippen molar-refractivity contribution in [3.05, 3.63) is 29.2 Å². The van der Waals surface area contributed by atoms with Gasteiger partial charge in [-0.25, -0.2) is 9.50 Å². The Labute approximate surface area is 137 Å². The van der Waals surface area contributed by atoms with E-state index in [2.05, 4.69) is 29.3 Å². The van der Waals surface area contributed by atoms with E-state index in [1.54, 1.807) is 0 Å². The molecule has 0 radical (unpaired) electrons. The Morgan fingerprint density at radius 3 is 2.74 bits per heavy atom. The lowest BCUT2D eigenvalue weighted by Gasteiger charge is -2.35. The molecule has 2 aromatic heterocycles. The van der Waals surface area contributed by atoms with Crippen LogP contribution in [-0.4, -0.2) is 27.7 Å². The third kappa shape index (κ3) is 3.09. The van der Waals surface area contributed by atoms with Crippen molar-refractivity contribution < 1.29 is 9.53 Å². The van der Waals surface area contributed by atoms with Gasteiger partial charge in [0.05, 0.1) is 12.5 Å². The molecule has 3 rings (SSSR count). The molecule has 0 aromatic carbocycles. The molecule has 1 aliphatic carbocycles. The first kappa shape index (κ1) is 16.0. The third-order valence-corrected chi connectivity index (χ3v) is 5.19. The Kier molecular flexibility index (Phi) is 4.13. The van der Waals surface area contributed by atoms with E-state index < -0.39 is 0 Å². The van der Waals surface area contributed by atoms with Crippen LogP contribution in [0.1, 0.15) is 49.6 Å². The van der Waals surface area contributed by atoms with Crippen LogP contribution in [0.4, 0.5) is 0 Å². The fourth-order valence-corrected chi connectivity index (χ4v) is 3.74. The quantitative estimate of drug-likeness (QED) is 0.816. The number of pyridine rings is 1. The minimum absolute atomic E-state index is 0.0636. The van der Waals surface area contributed by atoms with Gasteiger partial charge in [0.2, 0.25) is 0 Å². The summed E-state index contributed by atoms with van der Waals surface area (Å²) in [4.78, 5) is 16.4. The minimum atomic E-state index is -0.297. The second kappa shape index (κ2) is 5.95. The van der Waals surface area contributed by atoms with Crippen molar-refractivity contribution in [1.82, 2.24) is 14.6 Å². The third-order valence-electron chi connectivity index (χ3n) is 5.19. The molecule has 2 heterocycles. The maximum absolute atomic E-state index is 11.9. The zero-order valence-electron chi connectivity index (χ0n) is 14.4. The van der Waals surface area contributed by atoms with E-state index in [0.29, 0.717) is 5.92 Å². The number of nitrogens with zero attached hydrogens (tertiary/aromatic N) is 3. The molecule has 0 atom stereocenters. The number of ether oxygens (including phenoxy) is 1. The standard InChI is InChI=1S/C18H25N3O2/c1-12-9-15(11-21-16(12)19-13(2)20-21)10-14-5-7-18(3,8-6-14)17(22)23-4/h9,11,14H,5-8,10H2,1-4H3. The average molecular weight is 315 g/mol. The Morgan fingerprint density at radius 2 is 2.09 bits per heavy atom. The van der Waals surface area contributed by atoms with E-state index >= 15 is 0 Å². The predicted molar refractivity (Wildman–Crippen MR) is 88.2 cm³/mol. The Morgan fingerprint density at radius 1 is 1.39 bits per heavy atom. The normalized spacial score (nSPS) is 24.8. The molecule has 2 aromatic rings. The van der Waals surface area contributed by atoms with Crippen LogP contribution in [0.3, 0.4) is 0 Å². The molecule has 1 aliphatic rings. The predicted octanol–water partition coefficient (Wildman–Crippen LogP) is 3.26. The summed E-state index contributed by atoms with van der Waals surface area (Å²) in [6.07, 6.45) is 7.09. The zero-order valence-corrected chi connectivity index (χ0v) is 14.4. The number of esters is 1. The Hall–Kier alpha value is -1.91. The number of methoxy groups -OCH3 is 1. The number of hydrogen-bond acceptors (Lipinski definition) is 4. The van der Waals surface area contributed by atoms with E-state index in [1.165, 1.54) is 18.2 Å². The van der Waals surface area contributed by atoms with Crippen molar-refractivity contribution in [3.8, 4) is 0 Å². The van der Waals surface area contributed by atoms with Gasteiger partial charge in [-0.05, 0) is 69.9 Å². The number of rotatable bonds is 3. The molecule has 124 valence electrons. The maximum atomic E-state index is 11.9. The van der Waals surface area contributed by atoms with Crippen molar-refractivity contribution in [2.75, 3.05) is 7.11 Å². The van der Waals surface area contributed by atoms with Crippen LogP contribution in [0, 0.1) is 25.2 Å². The highest BCUT2D eigenvalue weighted by Crippen LogP contribution is 2.40. The van der Waals surface area contributed by atoms with E-state index in [0.717, 1.165) is 43.6 Å². The lowest BCUT2D eigenvalue weighted by Crippen LogP contribution is -2.34. The Bertz CT molecular complexity index is 727. The average Bonchev–Trinajstić information content (AvgIpc) is 2.90. The second-order valence-corrected chi connectivity index (χ2v) is 7.16. The largest absolute Gasteiger partial charge is 0.469 e. The molecule has 0 aliphatic heterocycles.